The minimum atomic E-state index is -0.390. The fourth-order valence-corrected chi connectivity index (χ4v) is 2.86. The van der Waals surface area contributed by atoms with E-state index in [-0.39, 0.29) is 0 Å². The van der Waals surface area contributed by atoms with Crippen LogP contribution in [-0.2, 0) is 9.47 Å². The van der Waals surface area contributed by atoms with E-state index in [0.717, 1.165) is 20.2 Å². The molecule has 0 aromatic heterocycles. The highest BCUT2D eigenvalue weighted by Gasteiger charge is 2.39. The smallest absolute Gasteiger partial charge is 0.171 e. The van der Waals surface area contributed by atoms with E-state index in [4.69, 9.17) is 9.47 Å². The molecule has 1 aromatic rings. The number of rotatable bonds is 7. The van der Waals surface area contributed by atoms with Crippen LogP contribution < -0.4 is 10.8 Å². The summed E-state index contributed by atoms with van der Waals surface area (Å²) in [6.45, 7) is 11.0. The van der Waals surface area contributed by atoms with E-state index in [9.17, 15) is 0 Å². The van der Waals surface area contributed by atoms with Crippen molar-refractivity contribution in [3.05, 3.63) is 29.8 Å². The van der Waals surface area contributed by atoms with Gasteiger partial charge in [-0.25, -0.2) is 0 Å². The normalized spacial score (nSPS) is 18.9. The molecule has 1 fully saturated rings. The lowest BCUT2D eigenvalue weighted by atomic mass is 9.73. The van der Waals surface area contributed by atoms with Gasteiger partial charge in [0.15, 0.2) is 13.1 Å². The Hall–Kier alpha value is -0.835. The van der Waals surface area contributed by atoms with Crippen molar-refractivity contribution in [1.29, 1.82) is 0 Å². The fourth-order valence-electron chi connectivity index (χ4n) is 2.86. The van der Waals surface area contributed by atoms with E-state index in [2.05, 4.69) is 57.2 Å². The summed E-state index contributed by atoms with van der Waals surface area (Å²) in [5.41, 5.74) is 2.72. The second-order valence-electron chi connectivity index (χ2n) is 6.18. The summed E-state index contributed by atoms with van der Waals surface area (Å²) < 4.78 is 11.7. The monoisotopic (exact) mass is 289 g/mol. The molecule has 0 saturated carbocycles. The van der Waals surface area contributed by atoms with Gasteiger partial charge in [-0.1, -0.05) is 50.4 Å². The van der Waals surface area contributed by atoms with Gasteiger partial charge in [-0.2, -0.15) is 0 Å². The van der Waals surface area contributed by atoms with Gasteiger partial charge in [0.1, 0.15) is 0 Å². The third-order valence-corrected chi connectivity index (χ3v) is 4.47. The molecular weight excluding hydrogens is 261 g/mol. The largest absolute Gasteiger partial charge is 0.347 e. The van der Waals surface area contributed by atoms with Gasteiger partial charge in [0, 0.05) is 24.9 Å². The summed E-state index contributed by atoms with van der Waals surface area (Å²) in [5, 5.41) is 3.58. The first-order chi connectivity index (χ1) is 10.1. The van der Waals surface area contributed by atoms with Crippen LogP contribution >= 0.6 is 0 Å². The second kappa shape index (κ2) is 7.43. The molecule has 1 aliphatic heterocycles. The molecule has 1 atom stereocenters. The molecule has 116 valence electrons. The lowest BCUT2D eigenvalue weighted by Crippen LogP contribution is -2.39. The first-order valence-electron chi connectivity index (χ1n) is 8.17. The summed E-state index contributed by atoms with van der Waals surface area (Å²) in [5.74, 6) is -0.0142. The van der Waals surface area contributed by atoms with Crippen molar-refractivity contribution in [3.63, 3.8) is 0 Å². The lowest BCUT2D eigenvalue weighted by molar-refractivity contribution is -0.191. The maximum Gasteiger partial charge on any atom is 0.171 e. The first kappa shape index (κ1) is 16.5. The Morgan fingerprint density at radius 2 is 1.76 bits per heavy atom. The van der Waals surface area contributed by atoms with Crippen molar-refractivity contribution < 1.29 is 9.47 Å². The van der Waals surface area contributed by atoms with Gasteiger partial charge in [-0.3, -0.25) is 0 Å². The van der Waals surface area contributed by atoms with E-state index >= 15 is 0 Å². The fraction of sp³-hybridized carbons (Fsp3) is 0.647. The molecule has 21 heavy (non-hydrogen) atoms. The van der Waals surface area contributed by atoms with Crippen LogP contribution in [0.25, 0.3) is 0 Å². The summed E-state index contributed by atoms with van der Waals surface area (Å²) >= 11 is 0. The van der Waals surface area contributed by atoms with Crippen LogP contribution in [0.1, 0.15) is 38.8 Å². The van der Waals surface area contributed by atoms with E-state index in [1.54, 1.807) is 0 Å². The zero-order valence-corrected chi connectivity index (χ0v) is 13.8. The Morgan fingerprint density at radius 3 is 2.29 bits per heavy atom. The quantitative estimate of drug-likeness (QED) is 0.781. The average Bonchev–Trinajstić information content (AvgIpc) is 2.97. The SMILES string of the molecule is CBc1ccc([C@H](C)NCCC2(C(C)C)OCCO2)cc1. The molecular formula is C17H28BNO2. The van der Waals surface area contributed by atoms with Crippen molar-refractivity contribution in [2.75, 3.05) is 19.8 Å². The molecule has 0 unspecified atom stereocenters. The predicted octanol–water partition coefficient (Wildman–Crippen LogP) is 2.24. The summed E-state index contributed by atoms with van der Waals surface area (Å²) in [4.78, 5) is 0. The molecule has 1 N–H and O–H groups in total. The highest BCUT2D eigenvalue weighted by atomic mass is 16.7. The zero-order chi connectivity index (χ0) is 15.3. The van der Waals surface area contributed by atoms with E-state index < -0.39 is 5.79 Å². The summed E-state index contributed by atoms with van der Waals surface area (Å²) in [7, 11) is 1.09. The minimum Gasteiger partial charge on any atom is -0.347 e. The van der Waals surface area contributed by atoms with Crippen molar-refractivity contribution >= 4 is 12.7 Å². The van der Waals surface area contributed by atoms with Crippen LogP contribution in [-0.4, -0.2) is 32.8 Å². The van der Waals surface area contributed by atoms with Gasteiger partial charge in [0.2, 0.25) is 0 Å². The van der Waals surface area contributed by atoms with Gasteiger partial charge in [0.05, 0.1) is 13.2 Å². The first-order valence-corrected chi connectivity index (χ1v) is 8.17. The van der Waals surface area contributed by atoms with Gasteiger partial charge < -0.3 is 14.8 Å². The van der Waals surface area contributed by atoms with Crippen LogP contribution in [0.15, 0.2) is 24.3 Å². The number of hydrogen-bond donors (Lipinski definition) is 1. The van der Waals surface area contributed by atoms with Crippen molar-refractivity contribution in [3.8, 4) is 0 Å². The Morgan fingerprint density at radius 1 is 1.14 bits per heavy atom. The maximum absolute atomic E-state index is 5.86. The third kappa shape index (κ3) is 4.09. The van der Waals surface area contributed by atoms with Crippen molar-refractivity contribution in [2.45, 2.75) is 45.8 Å². The predicted molar refractivity (Wildman–Crippen MR) is 89.6 cm³/mol. The third-order valence-electron chi connectivity index (χ3n) is 4.47. The topological polar surface area (TPSA) is 30.5 Å². The Balaban J connectivity index is 1.84. The van der Waals surface area contributed by atoms with Crippen molar-refractivity contribution in [1.82, 2.24) is 5.32 Å². The molecule has 0 radical (unpaired) electrons. The number of benzene rings is 1. The Bertz CT molecular complexity index is 427. The molecule has 4 heteroatoms. The van der Waals surface area contributed by atoms with Crippen molar-refractivity contribution in [2.24, 2.45) is 5.92 Å². The Labute approximate surface area is 129 Å². The van der Waals surface area contributed by atoms with Crippen LogP contribution in [0.5, 0.6) is 0 Å². The number of hydrogen-bond acceptors (Lipinski definition) is 3. The summed E-state index contributed by atoms with van der Waals surface area (Å²) in [6, 6.07) is 9.22. The standard InChI is InChI=1S/C17H28BNO2/c1-13(2)17(20-11-12-21-17)9-10-19-14(3)15-5-7-16(18-4)8-6-15/h5-8,13-14,18-19H,9-12H2,1-4H3/t14-/m0/s1. The molecule has 1 saturated heterocycles. The maximum atomic E-state index is 5.86. The van der Waals surface area contributed by atoms with Gasteiger partial charge in [0.25, 0.3) is 0 Å². The summed E-state index contributed by atoms with van der Waals surface area (Å²) in [6.07, 6.45) is 0.891. The molecule has 1 aliphatic rings. The van der Waals surface area contributed by atoms with Crippen LogP contribution in [0.3, 0.4) is 0 Å². The number of ether oxygens (including phenoxy) is 2. The molecule has 1 heterocycles. The molecule has 0 aliphatic carbocycles. The molecule has 3 nitrogen and oxygen atoms in total. The van der Waals surface area contributed by atoms with Crippen LogP contribution in [0.4, 0.5) is 0 Å². The van der Waals surface area contributed by atoms with E-state index in [0.29, 0.717) is 25.2 Å². The van der Waals surface area contributed by atoms with Gasteiger partial charge in [-0.15, -0.1) is 0 Å². The molecule has 2 rings (SSSR count). The molecule has 0 bridgehead atoms. The molecule has 1 aromatic carbocycles. The van der Waals surface area contributed by atoms with E-state index in [1.165, 1.54) is 11.0 Å². The average molecular weight is 289 g/mol. The highest BCUT2D eigenvalue weighted by molar-refractivity contribution is 6.51. The van der Waals surface area contributed by atoms with Crippen LogP contribution in [0.2, 0.25) is 6.82 Å². The molecule has 0 spiro atoms. The van der Waals surface area contributed by atoms with E-state index in [1.807, 2.05) is 0 Å². The highest BCUT2D eigenvalue weighted by Crippen LogP contribution is 2.31. The minimum absolute atomic E-state index is 0.349. The van der Waals surface area contributed by atoms with Crippen LogP contribution in [0, 0.1) is 5.92 Å². The zero-order valence-electron chi connectivity index (χ0n) is 13.8. The number of nitrogens with one attached hydrogen (secondary N) is 1. The lowest BCUT2D eigenvalue weighted by Gasteiger charge is -2.32. The van der Waals surface area contributed by atoms with Gasteiger partial charge >= 0.3 is 0 Å². The molecule has 0 amide bonds. The van der Waals surface area contributed by atoms with Gasteiger partial charge in [-0.05, 0) is 12.5 Å². The Kier molecular flexibility index (Phi) is 5.85. The second-order valence-corrected chi connectivity index (χ2v) is 6.18.